The van der Waals surface area contributed by atoms with E-state index in [0.717, 1.165) is 25.7 Å². The number of hydrogen-bond donors (Lipinski definition) is 3. The quantitative estimate of drug-likeness (QED) is 0.180. The average Bonchev–Trinajstić information content (AvgIpc) is 2.95. The summed E-state index contributed by atoms with van der Waals surface area (Å²) in [4.78, 5) is 52.8. The van der Waals surface area contributed by atoms with Gasteiger partial charge in [0.1, 0.15) is 6.23 Å². The van der Waals surface area contributed by atoms with Gasteiger partial charge >= 0.3 is 0 Å². The maximum absolute atomic E-state index is 13.5. The van der Waals surface area contributed by atoms with E-state index >= 15 is 0 Å². The molecule has 0 saturated carbocycles. The van der Waals surface area contributed by atoms with Gasteiger partial charge in [-0.3, -0.25) is 19.2 Å². The van der Waals surface area contributed by atoms with Crippen molar-refractivity contribution in [1.82, 2.24) is 20.4 Å². The fourth-order valence-electron chi connectivity index (χ4n) is 4.58. The lowest BCUT2D eigenvalue weighted by molar-refractivity contribution is -0.154. The second kappa shape index (κ2) is 18.3. The van der Waals surface area contributed by atoms with Crippen molar-refractivity contribution in [2.75, 3.05) is 27.2 Å². The van der Waals surface area contributed by atoms with Gasteiger partial charge in [-0.15, -0.1) is 0 Å². The monoisotopic (exact) mass is 548 g/mol. The molecule has 1 aromatic carbocycles. The summed E-state index contributed by atoms with van der Waals surface area (Å²) >= 11 is 0. The highest BCUT2D eigenvalue weighted by Crippen LogP contribution is 2.21. The Bertz CT molecular complexity index is 884. The van der Waals surface area contributed by atoms with Crippen LogP contribution in [-0.4, -0.2) is 84.6 Å². The molecular weight excluding hydrogens is 500 g/mol. The first-order valence-corrected chi connectivity index (χ1v) is 13.9. The van der Waals surface area contributed by atoms with Crippen LogP contribution in [0.3, 0.4) is 0 Å². The Labute approximate surface area is 233 Å². The van der Waals surface area contributed by atoms with Gasteiger partial charge in [0.05, 0.1) is 24.6 Å². The molecule has 0 aliphatic heterocycles. The van der Waals surface area contributed by atoms with Gasteiger partial charge in [0.25, 0.3) is 0 Å². The fraction of sp³-hybridized carbons (Fsp3) is 0.655. The van der Waals surface area contributed by atoms with Crippen molar-refractivity contribution >= 4 is 24.1 Å². The van der Waals surface area contributed by atoms with Crippen molar-refractivity contribution in [3.8, 4) is 0 Å². The molecule has 0 fully saturated rings. The fourth-order valence-corrected chi connectivity index (χ4v) is 4.58. The smallest absolute Gasteiger partial charge is 0.241 e. The molecule has 10 nitrogen and oxygen atoms in total. The van der Waals surface area contributed by atoms with Crippen LogP contribution in [0.5, 0.6) is 0 Å². The third-order valence-corrected chi connectivity index (χ3v) is 7.04. The Morgan fingerprint density at radius 2 is 1.72 bits per heavy atom. The Kier molecular flexibility index (Phi) is 16.0. The lowest BCUT2D eigenvalue weighted by Gasteiger charge is -2.35. The molecule has 3 N–H and O–H groups in total. The molecule has 0 aromatic heterocycles. The maximum Gasteiger partial charge on any atom is 0.241 e. The first kappa shape index (κ1) is 34.0. The van der Waals surface area contributed by atoms with Gasteiger partial charge in [-0.05, 0) is 38.7 Å². The minimum absolute atomic E-state index is 0.0907. The largest absolute Gasteiger partial charge is 0.386 e. The number of carbonyl (C=O) groups excluding carboxylic acids is 4. The van der Waals surface area contributed by atoms with E-state index in [1.165, 1.54) is 7.11 Å². The van der Waals surface area contributed by atoms with E-state index in [4.69, 9.17) is 4.74 Å². The summed E-state index contributed by atoms with van der Waals surface area (Å²) in [5, 5.41) is 15.9. The van der Waals surface area contributed by atoms with Crippen LogP contribution in [0, 0.1) is 5.92 Å². The summed E-state index contributed by atoms with van der Waals surface area (Å²) < 4.78 is 5.70. The van der Waals surface area contributed by atoms with Crippen molar-refractivity contribution in [3.63, 3.8) is 0 Å². The number of nitrogens with one attached hydrogen (secondary N) is 2. The number of ether oxygens (including phenoxy) is 1. The third-order valence-electron chi connectivity index (χ3n) is 7.04. The van der Waals surface area contributed by atoms with Crippen molar-refractivity contribution < 1.29 is 29.0 Å². The molecule has 1 aromatic rings. The van der Waals surface area contributed by atoms with Gasteiger partial charge < -0.3 is 30.3 Å². The Hall–Kier alpha value is -2.98. The molecular formula is C29H48N4O6. The average molecular weight is 549 g/mol. The van der Waals surface area contributed by atoms with E-state index in [9.17, 15) is 24.3 Å². The Balaban J connectivity index is 2.94. The van der Waals surface area contributed by atoms with Crippen LogP contribution in [0.1, 0.15) is 77.9 Å². The molecule has 10 heteroatoms. The van der Waals surface area contributed by atoms with Crippen LogP contribution < -0.4 is 10.6 Å². The minimum Gasteiger partial charge on any atom is -0.386 e. The number of aliphatic hydroxyl groups excluding tert-OH is 1. The van der Waals surface area contributed by atoms with Gasteiger partial charge in [-0.2, -0.15) is 0 Å². The summed E-state index contributed by atoms with van der Waals surface area (Å²) in [6.07, 6.45) is 2.63. The SMILES string of the molecule is CCCCN(C(=O)CCC(CCC)N(C)C(=O)CNC=O)C(OC)C(C)C(=O)NC(C)C(O)c1ccccc1. The van der Waals surface area contributed by atoms with E-state index in [1.807, 2.05) is 32.0 Å². The number of aliphatic hydroxyl groups is 1. The number of carbonyl (C=O) groups is 4. The first-order valence-electron chi connectivity index (χ1n) is 13.9. The van der Waals surface area contributed by atoms with E-state index in [2.05, 4.69) is 10.6 Å². The maximum atomic E-state index is 13.5. The van der Waals surface area contributed by atoms with E-state index in [1.54, 1.807) is 42.8 Å². The van der Waals surface area contributed by atoms with E-state index in [-0.39, 0.29) is 36.7 Å². The summed E-state index contributed by atoms with van der Waals surface area (Å²) in [5.74, 6) is -1.38. The molecule has 0 aliphatic rings. The number of amides is 4. The van der Waals surface area contributed by atoms with E-state index < -0.39 is 24.3 Å². The van der Waals surface area contributed by atoms with Crippen LogP contribution in [0.4, 0.5) is 0 Å². The van der Waals surface area contributed by atoms with Gasteiger partial charge in [0.2, 0.25) is 24.1 Å². The molecule has 4 amide bonds. The second-order valence-electron chi connectivity index (χ2n) is 9.99. The molecule has 39 heavy (non-hydrogen) atoms. The molecule has 0 bridgehead atoms. The summed E-state index contributed by atoms with van der Waals surface area (Å²) in [6.45, 7) is 7.83. The Morgan fingerprint density at radius 3 is 2.28 bits per heavy atom. The molecule has 0 spiro atoms. The van der Waals surface area contributed by atoms with Gasteiger partial charge in [-0.1, -0.05) is 57.0 Å². The molecule has 0 saturated heterocycles. The number of hydrogen-bond acceptors (Lipinski definition) is 6. The predicted octanol–water partition coefficient (Wildman–Crippen LogP) is 2.62. The normalized spacial score (nSPS) is 14.8. The molecule has 220 valence electrons. The number of unbranched alkanes of at least 4 members (excludes halogenated alkanes) is 1. The van der Waals surface area contributed by atoms with Crippen LogP contribution in [0.15, 0.2) is 30.3 Å². The van der Waals surface area contributed by atoms with Gasteiger partial charge in [0.15, 0.2) is 0 Å². The molecule has 5 unspecified atom stereocenters. The number of methoxy groups -OCH3 is 1. The number of nitrogens with zero attached hydrogens (tertiary/aromatic N) is 2. The highest BCUT2D eigenvalue weighted by Gasteiger charge is 2.34. The van der Waals surface area contributed by atoms with Crippen LogP contribution >= 0.6 is 0 Å². The highest BCUT2D eigenvalue weighted by atomic mass is 16.5. The van der Waals surface area contributed by atoms with Crippen molar-refractivity contribution in [2.24, 2.45) is 5.92 Å². The number of benzene rings is 1. The van der Waals surface area contributed by atoms with Crippen LogP contribution in [0.2, 0.25) is 0 Å². The molecule has 5 atom stereocenters. The standard InChI is InChI=1S/C29H48N4O6/c1-7-9-18-33(25(35)17-16-24(13-8-2)32(5)26(36)19-30-20-34)29(39-6)21(3)28(38)31-22(4)27(37)23-14-11-10-12-15-23/h10-12,14-15,20-22,24,27,29,37H,7-9,13,16-19H2,1-6H3,(H,30,34)(H,31,38). The van der Waals surface area contributed by atoms with Crippen molar-refractivity contribution in [1.29, 1.82) is 0 Å². The summed E-state index contributed by atoms with van der Waals surface area (Å²) in [5.41, 5.74) is 0.702. The lowest BCUT2D eigenvalue weighted by atomic mass is 10.0. The summed E-state index contributed by atoms with van der Waals surface area (Å²) in [7, 11) is 3.17. The molecule has 0 aliphatic carbocycles. The first-order chi connectivity index (χ1) is 18.6. The zero-order valence-corrected chi connectivity index (χ0v) is 24.4. The van der Waals surface area contributed by atoms with Gasteiger partial charge in [-0.25, -0.2) is 0 Å². The molecule has 1 rings (SSSR count). The Morgan fingerprint density at radius 1 is 1.05 bits per heavy atom. The number of rotatable bonds is 19. The number of likely N-dealkylation sites (N-methyl/N-ethyl adjacent to an activating group) is 1. The van der Waals surface area contributed by atoms with Crippen molar-refractivity contribution in [3.05, 3.63) is 35.9 Å². The van der Waals surface area contributed by atoms with Crippen LogP contribution in [0.25, 0.3) is 0 Å². The molecule has 0 heterocycles. The minimum atomic E-state index is -0.877. The lowest BCUT2D eigenvalue weighted by Crippen LogP contribution is -2.51. The topological polar surface area (TPSA) is 128 Å². The zero-order chi connectivity index (χ0) is 29.4. The summed E-state index contributed by atoms with van der Waals surface area (Å²) in [6, 6.07) is 8.41. The van der Waals surface area contributed by atoms with Crippen molar-refractivity contribution in [2.45, 2.75) is 90.6 Å². The van der Waals surface area contributed by atoms with Crippen LogP contribution in [-0.2, 0) is 23.9 Å². The molecule has 0 radical (unpaired) electrons. The van der Waals surface area contributed by atoms with Gasteiger partial charge in [0, 0.05) is 33.2 Å². The second-order valence-corrected chi connectivity index (χ2v) is 9.99. The third kappa shape index (κ3) is 11.0. The van der Waals surface area contributed by atoms with E-state index in [0.29, 0.717) is 24.9 Å². The highest BCUT2D eigenvalue weighted by molar-refractivity contribution is 5.82. The predicted molar refractivity (Wildman–Crippen MR) is 150 cm³/mol. The zero-order valence-electron chi connectivity index (χ0n) is 24.4.